The number of hydrogen-bond acceptors (Lipinski definition) is 4. The standard InChI is InChI=1S/C20H21NO4/c1-24-19-10-9-17(12-18(21(22)23)11-15-7-8-15)13-20(19)25-14-16-5-3-2-4-6-16/h2-6,9-11,13,15H,7-8,12,14H2,1H3/b18-11+. The third-order valence-corrected chi connectivity index (χ3v) is 4.14. The second-order valence-electron chi connectivity index (χ2n) is 6.19. The predicted molar refractivity (Wildman–Crippen MR) is 95.3 cm³/mol. The molecule has 0 unspecified atom stereocenters. The van der Waals surface area contributed by atoms with E-state index in [0.29, 0.717) is 24.0 Å². The van der Waals surface area contributed by atoms with Gasteiger partial charge in [0, 0.05) is 0 Å². The van der Waals surface area contributed by atoms with Crippen LogP contribution in [0.1, 0.15) is 24.0 Å². The average molecular weight is 339 g/mol. The van der Waals surface area contributed by atoms with Crippen molar-refractivity contribution < 1.29 is 14.4 Å². The van der Waals surface area contributed by atoms with Crippen molar-refractivity contribution in [1.29, 1.82) is 0 Å². The topological polar surface area (TPSA) is 61.6 Å². The van der Waals surface area contributed by atoms with Gasteiger partial charge in [-0.1, -0.05) is 36.4 Å². The van der Waals surface area contributed by atoms with Crippen LogP contribution in [-0.4, -0.2) is 12.0 Å². The van der Waals surface area contributed by atoms with E-state index in [0.717, 1.165) is 24.0 Å². The Morgan fingerprint density at radius 2 is 1.92 bits per heavy atom. The third-order valence-electron chi connectivity index (χ3n) is 4.14. The van der Waals surface area contributed by atoms with Crippen LogP contribution in [0.2, 0.25) is 0 Å². The second kappa shape index (κ2) is 7.83. The zero-order chi connectivity index (χ0) is 17.6. The highest BCUT2D eigenvalue weighted by molar-refractivity contribution is 5.44. The fourth-order valence-corrected chi connectivity index (χ4v) is 2.61. The van der Waals surface area contributed by atoms with Gasteiger partial charge >= 0.3 is 0 Å². The summed E-state index contributed by atoms with van der Waals surface area (Å²) < 4.78 is 11.2. The molecule has 0 amide bonds. The molecule has 1 aliphatic rings. The molecule has 1 saturated carbocycles. The number of allylic oxidation sites excluding steroid dienone is 2. The Labute approximate surface area is 147 Å². The molecule has 5 nitrogen and oxygen atoms in total. The van der Waals surface area contributed by atoms with Crippen molar-refractivity contribution in [1.82, 2.24) is 0 Å². The van der Waals surface area contributed by atoms with Crippen molar-refractivity contribution in [2.45, 2.75) is 25.9 Å². The summed E-state index contributed by atoms with van der Waals surface area (Å²) in [5.74, 6) is 1.58. The first-order chi connectivity index (χ1) is 12.2. The number of nitro groups is 1. The summed E-state index contributed by atoms with van der Waals surface area (Å²) in [6.07, 6.45) is 4.17. The first-order valence-corrected chi connectivity index (χ1v) is 8.34. The lowest BCUT2D eigenvalue weighted by atomic mass is 10.1. The Bertz CT molecular complexity index is 767. The van der Waals surface area contributed by atoms with Gasteiger partial charge in [0.05, 0.1) is 18.5 Å². The van der Waals surface area contributed by atoms with Crippen LogP contribution in [0.5, 0.6) is 11.5 Å². The number of ether oxygens (including phenoxy) is 2. The summed E-state index contributed by atoms with van der Waals surface area (Å²) in [4.78, 5) is 11.0. The van der Waals surface area contributed by atoms with E-state index in [1.54, 1.807) is 19.3 Å². The Kier molecular flexibility index (Phi) is 5.33. The summed E-state index contributed by atoms with van der Waals surface area (Å²) in [5, 5.41) is 11.3. The maximum atomic E-state index is 11.3. The van der Waals surface area contributed by atoms with Crippen LogP contribution in [0.25, 0.3) is 0 Å². The van der Waals surface area contributed by atoms with E-state index >= 15 is 0 Å². The highest BCUT2D eigenvalue weighted by Crippen LogP contribution is 2.33. The van der Waals surface area contributed by atoms with E-state index < -0.39 is 0 Å². The van der Waals surface area contributed by atoms with Crippen LogP contribution >= 0.6 is 0 Å². The maximum absolute atomic E-state index is 11.3. The summed E-state index contributed by atoms with van der Waals surface area (Å²) in [7, 11) is 1.58. The fraction of sp³-hybridized carbons (Fsp3) is 0.300. The van der Waals surface area contributed by atoms with Crippen molar-refractivity contribution in [3.63, 3.8) is 0 Å². The van der Waals surface area contributed by atoms with Crippen LogP contribution in [0.3, 0.4) is 0 Å². The van der Waals surface area contributed by atoms with Crippen LogP contribution in [0.15, 0.2) is 60.3 Å². The zero-order valence-corrected chi connectivity index (χ0v) is 14.2. The maximum Gasteiger partial charge on any atom is 0.246 e. The lowest BCUT2D eigenvalue weighted by molar-refractivity contribution is -0.427. The molecular weight excluding hydrogens is 318 g/mol. The molecule has 3 rings (SSSR count). The number of nitrogens with zero attached hydrogens (tertiary/aromatic N) is 1. The third kappa shape index (κ3) is 4.83. The predicted octanol–water partition coefficient (Wildman–Crippen LogP) is 4.39. The Morgan fingerprint density at radius 1 is 1.16 bits per heavy atom. The smallest absolute Gasteiger partial charge is 0.246 e. The molecule has 2 aromatic rings. The highest BCUT2D eigenvalue weighted by atomic mass is 16.6. The molecule has 2 aromatic carbocycles. The molecule has 0 saturated heterocycles. The van der Waals surface area contributed by atoms with Crippen LogP contribution in [-0.2, 0) is 13.0 Å². The van der Waals surface area contributed by atoms with Crippen molar-refractivity contribution >= 4 is 0 Å². The Hall–Kier alpha value is -2.82. The number of rotatable bonds is 8. The number of methoxy groups -OCH3 is 1. The van der Waals surface area contributed by atoms with Crippen LogP contribution < -0.4 is 9.47 Å². The normalized spacial score (nSPS) is 14.2. The van der Waals surface area contributed by atoms with Gasteiger partial charge in [-0.3, -0.25) is 10.1 Å². The molecule has 0 atom stereocenters. The largest absolute Gasteiger partial charge is 0.493 e. The molecule has 130 valence electrons. The zero-order valence-electron chi connectivity index (χ0n) is 14.2. The summed E-state index contributed by atoms with van der Waals surface area (Å²) in [6.45, 7) is 0.417. The number of benzene rings is 2. The van der Waals surface area contributed by atoms with Gasteiger partial charge in [-0.15, -0.1) is 0 Å². The molecular formula is C20H21NO4. The van der Waals surface area contributed by atoms with Crippen molar-refractivity contribution in [3.8, 4) is 11.5 Å². The molecule has 0 heterocycles. The average Bonchev–Trinajstić information content (AvgIpc) is 3.44. The van der Waals surface area contributed by atoms with E-state index in [4.69, 9.17) is 9.47 Å². The molecule has 5 heteroatoms. The van der Waals surface area contributed by atoms with Gasteiger partial charge in [0.1, 0.15) is 6.61 Å². The lowest BCUT2D eigenvalue weighted by Crippen LogP contribution is -2.04. The second-order valence-corrected chi connectivity index (χ2v) is 6.19. The van der Waals surface area contributed by atoms with Gasteiger partial charge in [0.2, 0.25) is 5.70 Å². The fourth-order valence-electron chi connectivity index (χ4n) is 2.61. The molecule has 0 radical (unpaired) electrons. The van der Waals surface area contributed by atoms with Gasteiger partial charge in [-0.2, -0.15) is 0 Å². The minimum atomic E-state index is -0.285. The van der Waals surface area contributed by atoms with E-state index in [9.17, 15) is 10.1 Å². The van der Waals surface area contributed by atoms with Gasteiger partial charge in [0.15, 0.2) is 11.5 Å². The summed E-state index contributed by atoms with van der Waals surface area (Å²) in [6, 6.07) is 15.3. The minimum absolute atomic E-state index is 0.252. The summed E-state index contributed by atoms with van der Waals surface area (Å²) >= 11 is 0. The molecule has 1 aliphatic carbocycles. The van der Waals surface area contributed by atoms with Crippen LogP contribution in [0.4, 0.5) is 0 Å². The monoisotopic (exact) mass is 339 g/mol. The van der Waals surface area contributed by atoms with E-state index in [-0.39, 0.29) is 17.0 Å². The van der Waals surface area contributed by atoms with Crippen LogP contribution in [0, 0.1) is 16.0 Å². The molecule has 0 spiro atoms. The quantitative estimate of drug-likeness (QED) is 0.529. The van der Waals surface area contributed by atoms with Crippen molar-refractivity contribution in [3.05, 3.63) is 81.5 Å². The van der Waals surface area contributed by atoms with E-state index in [1.165, 1.54) is 0 Å². The molecule has 1 fully saturated rings. The van der Waals surface area contributed by atoms with Gasteiger partial charge in [-0.05, 0) is 48.1 Å². The summed E-state index contributed by atoms with van der Waals surface area (Å²) in [5.41, 5.74) is 2.14. The molecule has 0 aliphatic heterocycles. The molecule has 0 N–H and O–H groups in total. The van der Waals surface area contributed by atoms with Crippen molar-refractivity contribution in [2.24, 2.45) is 5.92 Å². The van der Waals surface area contributed by atoms with E-state index in [2.05, 4.69) is 0 Å². The highest BCUT2D eigenvalue weighted by Gasteiger charge is 2.24. The van der Waals surface area contributed by atoms with E-state index in [1.807, 2.05) is 42.5 Å². The molecule has 0 bridgehead atoms. The Morgan fingerprint density at radius 3 is 2.56 bits per heavy atom. The Balaban J connectivity index is 1.75. The minimum Gasteiger partial charge on any atom is -0.493 e. The lowest BCUT2D eigenvalue weighted by Gasteiger charge is -2.12. The SMILES string of the molecule is COc1ccc(C/C(=C\C2CC2)[N+](=O)[O-])cc1OCc1ccccc1. The molecule has 0 aromatic heterocycles. The van der Waals surface area contributed by atoms with Gasteiger partial charge in [0.25, 0.3) is 0 Å². The van der Waals surface area contributed by atoms with Gasteiger partial charge in [-0.25, -0.2) is 0 Å². The number of hydrogen-bond donors (Lipinski definition) is 0. The first-order valence-electron chi connectivity index (χ1n) is 8.34. The van der Waals surface area contributed by atoms with Crippen molar-refractivity contribution in [2.75, 3.05) is 7.11 Å². The molecule has 25 heavy (non-hydrogen) atoms. The van der Waals surface area contributed by atoms with Gasteiger partial charge < -0.3 is 9.47 Å². The first kappa shape index (κ1) is 17.0.